The summed E-state index contributed by atoms with van der Waals surface area (Å²) in [4.78, 5) is 15.8. The minimum absolute atomic E-state index is 0. The molecule has 7 heteroatoms. The highest BCUT2D eigenvalue weighted by Gasteiger charge is 2.09. The van der Waals surface area contributed by atoms with Crippen molar-refractivity contribution in [1.29, 1.82) is 0 Å². The van der Waals surface area contributed by atoms with Gasteiger partial charge >= 0.3 is 0 Å². The van der Waals surface area contributed by atoms with Crippen LogP contribution in [0.3, 0.4) is 0 Å². The molecule has 0 radical (unpaired) electrons. The van der Waals surface area contributed by atoms with E-state index in [4.69, 9.17) is 11.6 Å². The van der Waals surface area contributed by atoms with Gasteiger partial charge in [-0.2, -0.15) is 0 Å². The number of carbonyl (C=O) groups excluding carboxylic acids is 1. The zero-order valence-electron chi connectivity index (χ0n) is 9.45. The molecule has 1 aliphatic rings. The molecule has 4 nitrogen and oxygen atoms in total. The lowest BCUT2D eigenvalue weighted by Crippen LogP contribution is -3.00. The van der Waals surface area contributed by atoms with Gasteiger partial charge in [-0.15, -0.1) is 0 Å². The Labute approximate surface area is 121 Å². The van der Waals surface area contributed by atoms with Crippen LogP contribution in [0.5, 0.6) is 0 Å². The summed E-state index contributed by atoms with van der Waals surface area (Å²) >= 11 is 7.17. The molecule has 1 aromatic rings. The van der Waals surface area contributed by atoms with Crippen LogP contribution in [0.1, 0.15) is 0 Å². The Kier molecular flexibility index (Phi) is 6.32. The summed E-state index contributed by atoms with van der Waals surface area (Å²) in [6.45, 7) is 1.66. The van der Waals surface area contributed by atoms with Crippen LogP contribution in [-0.2, 0) is 4.79 Å². The van der Waals surface area contributed by atoms with E-state index in [1.807, 2.05) is 0 Å². The van der Waals surface area contributed by atoms with Crippen molar-refractivity contribution in [2.45, 2.75) is 0 Å². The number of hydrogen-bond donors (Lipinski definition) is 2. The molecule has 2 N–H and O–H groups in total. The molecule has 0 spiro atoms. The first kappa shape index (κ1) is 15.1. The molecule has 0 atom stereocenters. The smallest absolute Gasteiger partial charge is 0.234 e. The highest BCUT2D eigenvalue weighted by atomic mass is 35.5. The minimum Gasteiger partial charge on any atom is -1.00 e. The third-order valence-electron chi connectivity index (χ3n) is 2.11. The Hall–Kier alpha value is -0.910. The van der Waals surface area contributed by atoms with E-state index in [0.717, 1.165) is 23.9 Å². The van der Waals surface area contributed by atoms with E-state index in [1.165, 1.54) is 11.8 Å². The van der Waals surface area contributed by atoms with Crippen molar-refractivity contribution in [3.05, 3.63) is 29.3 Å². The van der Waals surface area contributed by atoms with Crippen LogP contribution in [0.15, 0.2) is 29.3 Å². The van der Waals surface area contributed by atoms with Gasteiger partial charge in [0, 0.05) is 17.3 Å². The van der Waals surface area contributed by atoms with Crippen LogP contribution in [0.4, 0.5) is 5.69 Å². The number of amides is 1. The predicted octanol–water partition coefficient (Wildman–Crippen LogP) is -1.03. The fourth-order valence-electron chi connectivity index (χ4n) is 1.34. The summed E-state index contributed by atoms with van der Waals surface area (Å²) < 4.78 is 0. The van der Waals surface area contributed by atoms with Crippen LogP contribution >= 0.6 is 23.4 Å². The van der Waals surface area contributed by atoms with E-state index < -0.39 is 0 Å². The minimum atomic E-state index is -0.0475. The fraction of sp³-hybridized carbons (Fsp3) is 0.273. The van der Waals surface area contributed by atoms with Crippen LogP contribution in [-0.4, -0.2) is 29.9 Å². The van der Waals surface area contributed by atoms with Gasteiger partial charge in [-0.1, -0.05) is 23.4 Å². The summed E-state index contributed by atoms with van der Waals surface area (Å²) in [5.74, 6) is 0.308. The summed E-state index contributed by atoms with van der Waals surface area (Å²) in [5, 5.41) is 7.39. The standard InChI is InChI=1S/C11H12ClN3OS.ClH/c12-8-1-3-9(4-2-8)15-10(16)7-17-11-13-5-6-14-11;/h1-4H,5-7H2,(H,13,14)(H,15,16);1H/p-1. The molecule has 1 amide bonds. The Bertz CT molecular complexity index is 436. The van der Waals surface area contributed by atoms with Crippen molar-refractivity contribution in [1.82, 2.24) is 5.32 Å². The largest absolute Gasteiger partial charge is 1.00 e. The number of nitrogens with one attached hydrogen (secondary N) is 2. The number of aliphatic imine (C=N–C) groups is 1. The number of carbonyl (C=O) groups is 1. The number of amidine groups is 1. The number of thioether (sulfide) groups is 1. The maximum atomic E-state index is 11.6. The van der Waals surface area contributed by atoms with E-state index in [-0.39, 0.29) is 18.3 Å². The van der Waals surface area contributed by atoms with Crippen molar-refractivity contribution < 1.29 is 17.2 Å². The first-order valence-electron chi connectivity index (χ1n) is 5.20. The topological polar surface area (TPSA) is 53.5 Å². The summed E-state index contributed by atoms with van der Waals surface area (Å²) in [6, 6.07) is 7.03. The summed E-state index contributed by atoms with van der Waals surface area (Å²) in [5.41, 5.74) is 0.751. The van der Waals surface area contributed by atoms with Crippen molar-refractivity contribution in [2.24, 2.45) is 4.99 Å². The molecule has 0 fully saturated rings. The van der Waals surface area contributed by atoms with Crippen LogP contribution < -0.4 is 23.0 Å². The number of hydrogen-bond acceptors (Lipinski definition) is 4. The van der Waals surface area contributed by atoms with Gasteiger partial charge in [0.2, 0.25) is 5.91 Å². The average molecular weight is 305 g/mol. The Morgan fingerprint density at radius 3 is 2.78 bits per heavy atom. The number of halogens is 2. The second-order valence-corrected chi connectivity index (χ2v) is 4.86. The molecular formula is C11H12Cl2N3OS-. The first-order chi connectivity index (χ1) is 8.24. The first-order valence-corrected chi connectivity index (χ1v) is 6.57. The zero-order chi connectivity index (χ0) is 12.1. The molecule has 98 valence electrons. The molecule has 0 saturated carbocycles. The van der Waals surface area contributed by atoms with Crippen molar-refractivity contribution in [3.63, 3.8) is 0 Å². The van der Waals surface area contributed by atoms with E-state index >= 15 is 0 Å². The molecule has 0 aliphatic carbocycles. The lowest BCUT2D eigenvalue weighted by Gasteiger charge is -2.05. The van der Waals surface area contributed by atoms with Crippen LogP contribution in [0, 0.1) is 0 Å². The Morgan fingerprint density at radius 2 is 2.17 bits per heavy atom. The molecular weight excluding hydrogens is 293 g/mol. The van der Waals surface area contributed by atoms with Gasteiger partial charge in [-0.3, -0.25) is 9.79 Å². The maximum absolute atomic E-state index is 11.6. The normalized spacial score (nSPS) is 13.3. The molecule has 2 rings (SSSR count). The molecule has 0 aromatic heterocycles. The molecule has 18 heavy (non-hydrogen) atoms. The molecule has 1 aromatic carbocycles. The number of benzene rings is 1. The Balaban J connectivity index is 0.00000162. The third kappa shape index (κ3) is 4.76. The molecule has 0 unspecified atom stereocenters. The predicted molar refractivity (Wildman–Crippen MR) is 72.8 cm³/mol. The van der Waals surface area contributed by atoms with Gasteiger partial charge < -0.3 is 23.0 Å². The third-order valence-corrected chi connectivity index (χ3v) is 3.32. The molecule has 0 bridgehead atoms. The molecule has 1 aliphatic heterocycles. The lowest BCUT2D eigenvalue weighted by molar-refractivity contribution is -0.113. The monoisotopic (exact) mass is 304 g/mol. The number of anilines is 1. The van der Waals surface area contributed by atoms with Gasteiger partial charge in [0.1, 0.15) is 0 Å². The lowest BCUT2D eigenvalue weighted by atomic mass is 10.3. The van der Waals surface area contributed by atoms with Gasteiger partial charge in [0.25, 0.3) is 0 Å². The van der Waals surface area contributed by atoms with Gasteiger partial charge in [-0.25, -0.2) is 0 Å². The highest BCUT2D eigenvalue weighted by molar-refractivity contribution is 8.14. The Morgan fingerprint density at radius 1 is 1.44 bits per heavy atom. The zero-order valence-corrected chi connectivity index (χ0v) is 11.8. The molecule has 0 saturated heterocycles. The number of nitrogens with zero attached hydrogens (tertiary/aromatic N) is 1. The van der Waals surface area contributed by atoms with E-state index in [9.17, 15) is 4.79 Å². The van der Waals surface area contributed by atoms with Crippen LogP contribution in [0.2, 0.25) is 5.02 Å². The van der Waals surface area contributed by atoms with E-state index in [2.05, 4.69) is 15.6 Å². The second kappa shape index (κ2) is 7.51. The van der Waals surface area contributed by atoms with E-state index in [1.54, 1.807) is 24.3 Å². The quantitative estimate of drug-likeness (QED) is 0.751. The van der Waals surface area contributed by atoms with Crippen molar-refractivity contribution >= 4 is 40.1 Å². The average Bonchev–Trinajstić information content (AvgIpc) is 2.83. The van der Waals surface area contributed by atoms with Crippen molar-refractivity contribution in [3.8, 4) is 0 Å². The SMILES string of the molecule is O=C(CSC1=NCCN1)Nc1ccc(Cl)cc1.[Cl-]. The van der Waals surface area contributed by atoms with Gasteiger partial charge in [-0.05, 0) is 24.3 Å². The highest BCUT2D eigenvalue weighted by Crippen LogP contribution is 2.14. The summed E-state index contributed by atoms with van der Waals surface area (Å²) in [7, 11) is 0. The second-order valence-electron chi connectivity index (χ2n) is 3.46. The number of rotatable bonds is 3. The summed E-state index contributed by atoms with van der Waals surface area (Å²) in [6.07, 6.45) is 0. The fourth-order valence-corrected chi connectivity index (χ4v) is 2.19. The maximum Gasteiger partial charge on any atom is 0.234 e. The van der Waals surface area contributed by atoms with Crippen molar-refractivity contribution in [2.75, 3.05) is 24.2 Å². The van der Waals surface area contributed by atoms with Gasteiger partial charge in [0.15, 0.2) is 5.17 Å². The molecule has 1 heterocycles. The van der Waals surface area contributed by atoms with Gasteiger partial charge in [0.05, 0.1) is 12.3 Å². The van der Waals surface area contributed by atoms with Crippen LogP contribution in [0.25, 0.3) is 0 Å². The van der Waals surface area contributed by atoms with E-state index in [0.29, 0.717) is 10.8 Å².